The zero-order chi connectivity index (χ0) is 14.5. The molecule has 1 fully saturated rings. The maximum Gasteiger partial charge on any atom is 0.0741 e. The molecule has 0 aromatic heterocycles. The fraction of sp³-hybridized carbons (Fsp3) is 0.647. The predicted octanol–water partition coefficient (Wildman–Crippen LogP) is 2.95. The van der Waals surface area contributed by atoms with Crippen LogP contribution >= 0.6 is 0 Å². The van der Waals surface area contributed by atoms with Crippen molar-refractivity contribution in [3.05, 3.63) is 29.8 Å². The van der Waals surface area contributed by atoms with E-state index in [4.69, 9.17) is 0 Å². The molecule has 0 spiro atoms. The molecule has 2 N–H and O–H groups in total. The molecule has 112 valence electrons. The highest BCUT2D eigenvalue weighted by Gasteiger charge is 2.24. The van der Waals surface area contributed by atoms with Crippen LogP contribution in [0.3, 0.4) is 0 Å². The third-order valence-corrected chi connectivity index (χ3v) is 4.44. The topological polar surface area (TPSA) is 35.5 Å². The molecule has 0 bridgehead atoms. The van der Waals surface area contributed by atoms with Crippen LogP contribution in [0.2, 0.25) is 0 Å². The van der Waals surface area contributed by atoms with Crippen molar-refractivity contribution in [2.75, 3.05) is 24.5 Å². The molecule has 0 aliphatic carbocycles. The molecule has 3 nitrogen and oxygen atoms in total. The summed E-state index contributed by atoms with van der Waals surface area (Å²) in [6.07, 6.45) is 1.97. The second-order valence-electron chi connectivity index (χ2n) is 5.89. The van der Waals surface area contributed by atoms with Crippen molar-refractivity contribution in [2.45, 2.75) is 45.8 Å². The minimum atomic E-state index is -0.200. The van der Waals surface area contributed by atoms with Gasteiger partial charge < -0.3 is 15.3 Å². The Morgan fingerprint density at radius 3 is 2.55 bits per heavy atom. The molecule has 0 radical (unpaired) electrons. The number of nitrogens with one attached hydrogen (secondary N) is 1. The lowest BCUT2D eigenvalue weighted by Gasteiger charge is -2.36. The summed E-state index contributed by atoms with van der Waals surface area (Å²) in [6.45, 7) is 9.29. The Kier molecular flexibility index (Phi) is 5.44. The number of aliphatic hydroxyl groups excluding tert-OH is 1. The molecule has 0 saturated carbocycles. The van der Waals surface area contributed by atoms with Crippen LogP contribution in [0.1, 0.15) is 45.2 Å². The highest BCUT2D eigenvalue weighted by atomic mass is 16.3. The summed E-state index contributed by atoms with van der Waals surface area (Å²) in [5.41, 5.74) is 2.58. The second kappa shape index (κ2) is 7.09. The molecular formula is C17H28N2O. The smallest absolute Gasteiger partial charge is 0.0741 e. The quantitative estimate of drug-likeness (QED) is 0.868. The molecule has 1 heterocycles. The molecule has 0 amide bonds. The van der Waals surface area contributed by atoms with E-state index in [9.17, 15) is 5.11 Å². The highest BCUT2D eigenvalue weighted by Crippen LogP contribution is 2.25. The van der Waals surface area contributed by atoms with Crippen LogP contribution in [0.5, 0.6) is 0 Å². The van der Waals surface area contributed by atoms with Crippen LogP contribution in [0.25, 0.3) is 0 Å². The van der Waals surface area contributed by atoms with E-state index in [1.54, 1.807) is 0 Å². The summed E-state index contributed by atoms with van der Waals surface area (Å²) < 4.78 is 0. The van der Waals surface area contributed by atoms with Gasteiger partial charge in [0.2, 0.25) is 0 Å². The van der Waals surface area contributed by atoms with Crippen molar-refractivity contribution in [2.24, 2.45) is 5.92 Å². The number of β-amino-alcohol motifs (C(OH)–C–C–N with tert-alkyl or cyclic N) is 1. The minimum absolute atomic E-state index is 0.200. The Labute approximate surface area is 123 Å². The number of anilines is 1. The van der Waals surface area contributed by atoms with E-state index in [2.05, 4.69) is 55.3 Å². The van der Waals surface area contributed by atoms with Crippen molar-refractivity contribution in [1.29, 1.82) is 0 Å². The average molecular weight is 276 g/mol. The van der Waals surface area contributed by atoms with Crippen molar-refractivity contribution in [3.8, 4) is 0 Å². The van der Waals surface area contributed by atoms with Crippen LogP contribution in [-0.2, 0) is 0 Å². The Balaban J connectivity index is 2.04. The number of piperidine rings is 1. The van der Waals surface area contributed by atoms with Crippen LogP contribution in [-0.4, -0.2) is 30.8 Å². The van der Waals surface area contributed by atoms with Gasteiger partial charge >= 0.3 is 0 Å². The summed E-state index contributed by atoms with van der Waals surface area (Å²) in [6, 6.07) is 9.27. The fourth-order valence-corrected chi connectivity index (χ4v) is 2.95. The number of aliphatic hydroxyl groups is 1. The molecule has 1 saturated heterocycles. The predicted molar refractivity (Wildman–Crippen MR) is 85.2 cm³/mol. The fourth-order valence-electron chi connectivity index (χ4n) is 2.95. The number of benzene rings is 1. The van der Waals surface area contributed by atoms with Gasteiger partial charge in [-0.15, -0.1) is 0 Å². The van der Waals surface area contributed by atoms with E-state index >= 15 is 0 Å². The normalized spacial score (nSPS) is 24.7. The SMILES string of the molecule is CCNC(CC)c1ccc(N2CCC(C)C(O)C2)cc1. The summed E-state index contributed by atoms with van der Waals surface area (Å²) in [5, 5.41) is 13.5. The van der Waals surface area contributed by atoms with Gasteiger partial charge in [0.05, 0.1) is 6.10 Å². The van der Waals surface area contributed by atoms with E-state index in [0.29, 0.717) is 12.0 Å². The lowest BCUT2D eigenvalue weighted by atomic mass is 9.95. The molecular weight excluding hydrogens is 248 g/mol. The zero-order valence-corrected chi connectivity index (χ0v) is 13.0. The van der Waals surface area contributed by atoms with Crippen molar-refractivity contribution >= 4 is 5.69 Å². The van der Waals surface area contributed by atoms with Gasteiger partial charge in [-0.1, -0.05) is 32.9 Å². The van der Waals surface area contributed by atoms with E-state index in [1.165, 1.54) is 11.3 Å². The van der Waals surface area contributed by atoms with Gasteiger partial charge in [0.25, 0.3) is 0 Å². The van der Waals surface area contributed by atoms with Gasteiger partial charge in [-0.2, -0.15) is 0 Å². The van der Waals surface area contributed by atoms with Gasteiger partial charge in [-0.3, -0.25) is 0 Å². The first-order chi connectivity index (χ1) is 9.65. The van der Waals surface area contributed by atoms with E-state index in [-0.39, 0.29) is 6.10 Å². The Hall–Kier alpha value is -1.06. The van der Waals surface area contributed by atoms with Crippen LogP contribution < -0.4 is 10.2 Å². The Morgan fingerprint density at radius 1 is 1.30 bits per heavy atom. The number of rotatable bonds is 5. The van der Waals surface area contributed by atoms with Crippen LogP contribution in [0, 0.1) is 5.92 Å². The molecule has 1 aromatic rings. The number of hydrogen-bond acceptors (Lipinski definition) is 3. The highest BCUT2D eigenvalue weighted by molar-refractivity contribution is 5.48. The molecule has 1 aliphatic rings. The van der Waals surface area contributed by atoms with E-state index in [0.717, 1.165) is 32.5 Å². The molecule has 1 aromatic carbocycles. The summed E-state index contributed by atoms with van der Waals surface area (Å²) in [5.74, 6) is 0.420. The van der Waals surface area contributed by atoms with Crippen molar-refractivity contribution in [1.82, 2.24) is 5.32 Å². The van der Waals surface area contributed by atoms with E-state index in [1.807, 2.05) is 0 Å². The number of hydrogen-bond donors (Lipinski definition) is 2. The zero-order valence-electron chi connectivity index (χ0n) is 13.0. The maximum atomic E-state index is 10.0. The molecule has 3 heteroatoms. The summed E-state index contributed by atoms with van der Waals surface area (Å²) in [4.78, 5) is 2.29. The molecule has 3 atom stereocenters. The Bertz CT molecular complexity index is 404. The van der Waals surface area contributed by atoms with Crippen molar-refractivity contribution < 1.29 is 5.11 Å². The van der Waals surface area contributed by atoms with Gasteiger partial charge in [0.1, 0.15) is 0 Å². The number of nitrogens with zero attached hydrogens (tertiary/aromatic N) is 1. The lowest BCUT2D eigenvalue weighted by molar-refractivity contribution is 0.103. The maximum absolute atomic E-state index is 10.0. The largest absolute Gasteiger partial charge is 0.391 e. The van der Waals surface area contributed by atoms with Crippen molar-refractivity contribution in [3.63, 3.8) is 0 Å². The van der Waals surface area contributed by atoms with Gasteiger partial charge in [-0.05, 0) is 43.0 Å². The van der Waals surface area contributed by atoms with Crippen LogP contribution in [0.4, 0.5) is 5.69 Å². The van der Waals surface area contributed by atoms with Gasteiger partial charge in [0, 0.05) is 24.8 Å². The molecule has 3 unspecified atom stereocenters. The minimum Gasteiger partial charge on any atom is -0.391 e. The third-order valence-electron chi connectivity index (χ3n) is 4.44. The second-order valence-corrected chi connectivity index (χ2v) is 5.89. The van der Waals surface area contributed by atoms with E-state index < -0.39 is 0 Å². The average Bonchev–Trinajstić information content (AvgIpc) is 2.48. The monoisotopic (exact) mass is 276 g/mol. The van der Waals surface area contributed by atoms with Crippen LogP contribution in [0.15, 0.2) is 24.3 Å². The summed E-state index contributed by atoms with van der Waals surface area (Å²) in [7, 11) is 0. The Morgan fingerprint density at radius 2 is 2.00 bits per heavy atom. The van der Waals surface area contributed by atoms with Gasteiger partial charge in [0.15, 0.2) is 0 Å². The summed E-state index contributed by atoms with van der Waals surface area (Å²) >= 11 is 0. The standard InChI is InChI=1S/C17H28N2O/c1-4-16(18-5-2)14-6-8-15(9-7-14)19-11-10-13(3)17(20)12-19/h6-9,13,16-18,20H,4-5,10-12H2,1-3H3. The molecule has 2 rings (SSSR count). The molecule has 1 aliphatic heterocycles. The van der Waals surface area contributed by atoms with Gasteiger partial charge in [-0.25, -0.2) is 0 Å². The first-order valence-electron chi connectivity index (χ1n) is 7.92. The lowest BCUT2D eigenvalue weighted by Crippen LogP contribution is -2.42. The first kappa shape index (κ1) is 15.3. The molecule has 20 heavy (non-hydrogen) atoms. The first-order valence-corrected chi connectivity index (χ1v) is 7.92. The third kappa shape index (κ3) is 3.53.